The van der Waals surface area contributed by atoms with E-state index in [1.54, 1.807) is 0 Å². The van der Waals surface area contributed by atoms with Crippen molar-refractivity contribution in [1.29, 1.82) is 0 Å². The summed E-state index contributed by atoms with van der Waals surface area (Å²) in [4.78, 5) is 0. The maximum absolute atomic E-state index is 6.09. The van der Waals surface area contributed by atoms with Crippen molar-refractivity contribution in [2.45, 2.75) is 26.2 Å². The quantitative estimate of drug-likeness (QED) is 0.725. The summed E-state index contributed by atoms with van der Waals surface area (Å²) in [5, 5.41) is 0. The fourth-order valence-electron chi connectivity index (χ4n) is 1.75. The van der Waals surface area contributed by atoms with Crippen molar-refractivity contribution in [2.75, 3.05) is 5.73 Å². The molecule has 2 aromatic rings. The minimum absolute atomic E-state index is 0.142. The van der Waals surface area contributed by atoms with E-state index in [2.05, 4.69) is 39.0 Å². The van der Waals surface area contributed by atoms with Gasteiger partial charge in [-0.3, -0.25) is 0 Å². The second-order valence-electron chi connectivity index (χ2n) is 5.11. The van der Waals surface area contributed by atoms with Crippen molar-refractivity contribution in [1.82, 2.24) is 4.57 Å². The number of hydrogen-bond acceptors (Lipinski definition) is 1. The highest BCUT2D eigenvalue weighted by molar-refractivity contribution is 5.60. The second kappa shape index (κ2) is 3.71. The fraction of sp³-hybridized carbons (Fsp3) is 0.286. The topological polar surface area (TPSA) is 30.9 Å². The number of nitrogens with zero attached hydrogens (tertiary/aromatic N) is 1. The number of anilines is 1. The van der Waals surface area contributed by atoms with Crippen LogP contribution < -0.4 is 5.73 Å². The molecule has 0 aliphatic carbocycles. The molecule has 2 heteroatoms. The van der Waals surface area contributed by atoms with Gasteiger partial charge in [-0.15, -0.1) is 0 Å². The number of nitrogens with two attached hydrogens (primary N) is 1. The Bertz CT molecular complexity index is 476. The summed E-state index contributed by atoms with van der Waals surface area (Å²) in [6, 6.07) is 10.3. The van der Waals surface area contributed by atoms with Crippen molar-refractivity contribution >= 4 is 5.69 Å². The lowest BCUT2D eigenvalue weighted by Crippen LogP contribution is -2.12. The molecular weight excluding hydrogens is 196 g/mol. The zero-order chi connectivity index (χ0) is 11.8. The Hall–Kier alpha value is -1.70. The van der Waals surface area contributed by atoms with Crippen molar-refractivity contribution in [3.05, 3.63) is 48.3 Å². The molecule has 1 aromatic heterocycles. The van der Waals surface area contributed by atoms with Gasteiger partial charge in [0.2, 0.25) is 0 Å². The van der Waals surface area contributed by atoms with Gasteiger partial charge in [-0.2, -0.15) is 0 Å². The lowest BCUT2D eigenvalue weighted by molar-refractivity contribution is 0.590. The Labute approximate surface area is 96.7 Å². The fourth-order valence-corrected chi connectivity index (χ4v) is 1.75. The Morgan fingerprint density at radius 3 is 2.19 bits per heavy atom. The summed E-state index contributed by atoms with van der Waals surface area (Å²) in [7, 11) is 0. The molecule has 2 rings (SSSR count). The third-order valence-corrected chi connectivity index (χ3v) is 2.78. The standard InChI is InChI=1S/C14H18N2/c1-14(2,3)11-6-7-13(12(15)10-11)16-8-4-5-9-16/h4-10H,15H2,1-3H3. The van der Waals surface area contributed by atoms with Crippen LogP contribution in [0.25, 0.3) is 5.69 Å². The van der Waals surface area contributed by atoms with E-state index in [-0.39, 0.29) is 5.41 Å². The molecule has 2 N–H and O–H groups in total. The average molecular weight is 214 g/mol. The average Bonchev–Trinajstić information content (AvgIpc) is 2.69. The van der Waals surface area contributed by atoms with E-state index < -0.39 is 0 Å². The summed E-state index contributed by atoms with van der Waals surface area (Å²) in [5.41, 5.74) is 9.36. The lowest BCUT2D eigenvalue weighted by Gasteiger charge is -2.20. The number of nitrogen functional groups attached to an aromatic ring is 1. The number of hydrogen-bond donors (Lipinski definition) is 1. The molecule has 0 fully saturated rings. The van der Waals surface area contributed by atoms with Gasteiger partial charge in [0.15, 0.2) is 0 Å². The van der Waals surface area contributed by atoms with Crippen LogP contribution in [0.15, 0.2) is 42.7 Å². The summed E-state index contributed by atoms with van der Waals surface area (Å²) >= 11 is 0. The molecule has 16 heavy (non-hydrogen) atoms. The van der Waals surface area contributed by atoms with Crippen LogP contribution in [-0.2, 0) is 5.41 Å². The molecule has 84 valence electrons. The van der Waals surface area contributed by atoms with Gasteiger partial charge < -0.3 is 10.3 Å². The van der Waals surface area contributed by atoms with Gasteiger partial charge in [-0.1, -0.05) is 26.8 Å². The van der Waals surface area contributed by atoms with E-state index in [0.29, 0.717) is 0 Å². The molecule has 0 amide bonds. The first-order chi connectivity index (χ1) is 7.48. The van der Waals surface area contributed by atoms with Crippen LogP contribution in [0.5, 0.6) is 0 Å². The number of aromatic nitrogens is 1. The van der Waals surface area contributed by atoms with Crippen LogP contribution >= 0.6 is 0 Å². The largest absolute Gasteiger partial charge is 0.397 e. The van der Waals surface area contributed by atoms with Crippen LogP contribution in [0.2, 0.25) is 0 Å². The van der Waals surface area contributed by atoms with Crippen LogP contribution in [0, 0.1) is 0 Å². The molecule has 0 spiro atoms. The first-order valence-electron chi connectivity index (χ1n) is 5.52. The SMILES string of the molecule is CC(C)(C)c1ccc(-n2cccc2)c(N)c1. The normalized spacial score (nSPS) is 11.7. The van der Waals surface area contributed by atoms with E-state index in [1.807, 2.05) is 29.1 Å². The molecule has 0 unspecified atom stereocenters. The maximum atomic E-state index is 6.09. The smallest absolute Gasteiger partial charge is 0.0680 e. The van der Waals surface area contributed by atoms with Gasteiger partial charge in [0.1, 0.15) is 0 Å². The molecule has 0 bridgehead atoms. The molecule has 0 atom stereocenters. The van der Waals surface area contributed by atoms with E-state index in [0.717, 1.165) is 11.4 Å². The molecule has 1 heterocycles. The minimum Gasteiger partial charge on any atom is -0.397 e. The van der Waals surface area contributed by atoms with Crippen molar-refractivity contribution in [2.24, 2.45) is 0 Å². The summed E-state index contributed by atoms with van der Waals surface area (Å²) in [6.45, 7) is 6.57. The Balaban J connectivity index is 2.46. The second-order valence-corrected chi connectivity index (χ2v) is 5.11. The van der Waals surface area contributed by atoms with Crippen molar-refractivity contribution < 1.29 is 0 Å². The van der Waals surface area contributed by atoms with Gasteiger partial charge >= 0.3 is 0 Å². The van der Waals surface area contributed by atoms with Crippen molar-refractivity contribution in [3.63, 3.8) is 0 Å². The van der Waals surface area contributed by atoms with Crippen molar-refractivity contribution in [3.8, 4) is 5.69 Å². The summed E-state index contributed by atoms with van der Waals surface area (Å²) in [5.74, 6) is 0. The summed E-state index contributed by atoms with van der Waals surface area (Å²) in [6.07, 6.45) is 4.00. The molecule has 1 aromatic carbocycles. The maximum Gasteiger partial charge on any atom is 0.0680 e. The summed E-state index contributed by atoms with van der Waals surface area (Å²) < 4.78 is 2.03. The zero-order valence-electron chi connectivity index (χ0n) is 10.1. The molecule has 0 aliphatic rings. The van der Waals surface area contributed by atoms with E-state index in [1.165, 1.54) is 5.56 Å². The molecule has 0 saturated carbocycles. The predicted octanol–water partition coefficient (Wildman–Crippen LogP) is 3.36. The van der Waals surface area contributed by atoms with E-state index in [4.69, 9.17) is 5.73 Å². The highest BCUT2D eigenvalue weighted by Crippen LogP contribution is 2.27. The van der Waals surface area contributed by atoms with Gasteiger partial charge in [-0.25, -0.2) is 0 Å². The van der Waals surface area contributed by atoms with Gasteiger partial charge in [0, 0.05) is 12.4 Å². The Morgan fingerprint density at radius 1 is 1.06 bits per heavy atom. The lowest BCUT2D eigenvalue weighted by atomic mass is 9.86. The van der Waals surface area contributed by atoms with Gasteiger partial charge in [0.25, 0.3) is 0 Å². The minimum atomic E-state index is 0.142. The number of benzene rings is 1. The van der Waals surface area contributed by atoms with Crippen LogP contribution in [0.3, 0.4) is 0 Å². The molecule has 0 saturated heterocycles. The van der Waals surface area contributed by atoms with E-state index in [9.17, 15) is 0 Å². The monoisotopic (exact) mass is 214 g/mol. The molecule has 0 radical (unpaired) electrons. The Kier molecular flexibility index (Phi) is 2.50. The van der Waals surface area contributed by atoms with Gasteiger partial charge in [0.05, 0.1) is 11.4 Å². The zero-order valence-corrected chi connectivity index (χ0v) is 10.1. The molecule has 0 aliphatic heterocycles. The van der Waals surface area contributed by atoms with Crippen LogP contribution in [0.1, 0.15) is 26.3 Å². The first-order valence-corrected chi connectivity index (χ1v) is 5.52. The third kappa shape index (κ3) is 1.96. The first kappa shape index (κ1) is 10.8. The third-order valence-electron chi connectivity index (χ3n) is 2.78. The highest BCUT2D eigenvalue weighted by Gasteiger charge is 2.14. The predicted molar refractivity (Wildman–Crippen MR) is 68.9 cm³/mol. The van der Waals surface area contributed by atoms with Crippen LogP contribution in [0.4, 0.5) is 5.69 Å². The van der Waals surface area contributed by atoms with Crippen LogP contribution in [-0.4, -0.2) is 4.57 Å². The van der Waals surface area contributed by atoms with Gasteiger partial charge in [-0.05, 0) is 35.2 Å². The molecule has 2 nitrogen and oxygen atoms in total. The number of rotatable bonds is 1. The molecular formula is C14H18N2. The Morgan fingerprint density at radius 2 is 1.69 bits per heavy atom. The highest BCUT2D eigenvalue weighted by atomic mass is 15.0. The van der Waals surface area contributed by atoms with E-state index >= 15 is 0 Å².